The lowest BCUT2D eigenvalue weighted by Crippen LogP contribution is -2.29. The van der Waals surface area contributed by atoms with Crippen molar-refractivity contribution in [2.75, 3.05) is 6.54 Å². The topological polar surface area (TPSA) is 66.4 Å². The minimum atomic E-state index is -1.07. The third-order valence-electron chi connectivity index (χ3n) is 1.55. The number of hydrogen-bond donors (Lipinski definition) is 3. The van der Waals surface area contributed by atoms with Gasteiger partial charge in [-0.2, -0.15) is 0 Å². The molecule has 1 aromatic carbocycles. The Hall–Kier alpha value is -1.49. The van der Waals surface area contributed by atoms with Crippen LogP contribution in [0.1, 0.15) is 10.4 Å². The maximum atomic E-state index is 11.3. The summed E-state index contributed by atoms with van der Waals surface area (Å²) in [5.41, 5.74) is 0.372. The molecule has 1 rings (SSSR count). The maximum Gasteiger partial charge on any atom is 0.322 e. The molecule has 0 aliphatic rings. The van der Waals surface area contributed by atoms with Gasteiger partial charge in [0, 0.05) is 4.90 Å². The van der Waals surface area contributed by atoms with E-state index in [0.29, 0.717) is 10.5 Å². The van der Waals surface area contributed by atoms with Crippen LogP contribution in [0.2, 0.25) is 0 Å². The molecule has 1 amide bonds. The van der Waals surface area contributed by atoms with Crippen molar-refractivity contribution in [3.63, 3.8) is 0 Å². The summed E-state index contributed by atoms with van der Waals surface area (Å²) < 4.78 is 0. The Morgan fingerprint density at radius 1 is 1.36 bits per heavy atom. The zero-order valence-corrected chi connectivity index (χ0v) is 8.12. The number of benzene rings is 1. The fourth-order valence-corrected chi connectivity index (χ4v) is 1.18. The lowest BCUT2D eigenvalue weighted by atomic mass is 10.2. The van der Waals surface area contributed by atoms with Crippen LogP contribution in [-0.2, 0) is 4.79 Å². The second-order valence-electron chi connectivity index (χ2n) is 2.59. The average molecular weight is 211 g/mol. The number of amides is 1. The summed E-state index contributed by atoms with van der Waals surface area (Å²) in [5.74, 6) is -1.51. The molecule has 0 unspecified atom stereocenters. The largest absolute Gasteiger partial charge is 0.480 e. The molecule has 4 nitrogen and oxygen atoms in total. The predicted molar refractivity (Wildman–Crippen MR) is 53.7 cm³/mol. The maximum absolute atomic E-state index is 11.3. The van der Waals surface area contributed by atoms with Gasteiger partial charge >= 0.3 is 5.97 Å². The third kappa shape index (κ3) is 2.77. The van der Waals surface area contributed by atoms with Crippen molar-refractivity contribution >= 4 is 24.5 Å². The molecule has 0 spiro atoms. The Morgan fingerprint density at radius 2 is 2.00 bits per heavy atom. The van der Waals surface area contributed by atoms with Crippen LogP contribution in [0.4, 0.5) is 0 Å². The van der Waals surface area contributed by atoms with Gasteiger partial charge in [-0.3, -0.25) is 9.59 Å². The van der Waals surface area contributed by atoms with E-state index in [1.165, 1.54) is 0 Å². The van der Waals surface area contributed by atoms with Crippen molar-refractivity contribution in [2.45, 2.75) is 4.90 Å². The second-order valence-corrected chi connectivity index (χ2v) is 3.08. The highest BCUT2D eigenvalue weighted by atomic mass is 32.1. The Bertz CT molecular complexity index is 365. The van der Waals surface area contributed by atoms with E-state index in [0.717, 1.165) is 0 Å². The van der Waals surface area contributed by atoms with E-state index in [1.807, 2.05) is 0 Å². The van der Waals surface area contributed by atoms with E-state index >= 15 is 0 Å². The van der Waals surface area contributed by atoms with Crippen molar-refractivity contribution < 1.29 is 14.7 Å². The number of thiol groups is 1. The highest BCUT2D eigenvalue weighted by Crippen LogP contribution is 2.12. The summed E-state index contributed by atoms with van der Waals surface area (Å²) in [6.07, 6.45) is 0. The fourth-order valence-electron chi connectivity index (χ4n) is 0.917. The van der Waals surface area contributed by atoms with Gasteiger partial charge in [0.15, 0.2) is 0 Å². The predicted octanol–water partition coefficient (Wildman–Crippen LogP) is 0.790. The van der Waals surface area contributed by atoms with Crippen LogP contribution in [0.25, 0.3) is 0 Å². The molecule has 5 heteroatoms. The molecule has 74 valence electrons. The highest BCUT2D eigenvalue weighted by Gasteiger charge is 2.08. The normalized spacial score (nSPS) is 9.50. The van der Waals surface area contributed by atoms with Gasteiger partial charge in [0.2, 0.25) is 0 Å². The molecule has 0 aliphatic heterocycles. The first-order valence-corrected chi connectivity index (χ1v) is 4.34. The third-order valence-corrected chi connectivity index (χ3v) is 1.94. The molecule has 0 saturated carbocycles. The van der Waals surface area contributed by atoms with Gasteiger partial charge in [-0.25, -0.2) is 0 Å². The van der Waals surface area contributed by atoms with Crippen LogP contribution in [0, 0.1) is 0 Å². The summed E-state index contributed by atoms with van der Waals surface area (Å²) in [6.45, 7) is -0.388. The van der Waals surface area contributed by atoms with Crippen molar-refractivity contribution in [3.8, 4) is 0 Å². The van der Waals surface area contributed by atoms with E-state index < -0.39 is 11.9 Å². The van der Waals surface area contributed by atoms with Gasteiger partial charge in [-0.1, -0.05) is 12.1 Å². The molecule has 14 heavy (non-hydrogen) atoms. The van der Waals surface area contributed by atoms with E-state index in [1.54, 1.807) is 24.3 Å². The van der Waals surface area contributed by atoms with Crippen molar-refractivity contribution in [1.29, 1.82) is 0 Å². The molecule has 0 atom stereocenters. The summed E-state index contributed by atoms with van der Waals surface area (Å²) in [4.78, 5) is 22.1. The van der Waals surface area contributed by atoms with Crippen LogP contribution in [-0.4, -0.2) is 23.5 Å². The van der Waals surface area contributed by atoms with Gasteiger partial charge in [-0.05, 0) is 12.1 Å². The van der Waals surface area contributed by atoms with Crippen LogP contribution < -0.4 is 5.32 Å². The van der Waals surface area contributed by atoms with Crippen LogP contribution in [0.3, 0.4) is 0 Å². The molecule has 0 bridgehead atoms. The molecule has 0 radical (unpaired) electrons. The summed E-state index contributed by atoms with van der Waals surface area (Å²) >= 11 is 4.07. The average Bonchev–Trinajstić information content (AvgIpc) is 2.15. The molecule has 0 aliphatic carbocycles. The minimum Gasteiger partial charge on any atom is -0.480 e. The summed E-state index contributed by atoms with van der Waals surface area (Å²) in [5, 5.41) is 10.6. The van der Waals surface area contributed by atoms with Gasteiger partial charge in [0.25, 0.3) is 5.91 Å². The minimum absolute atomic E-state index is 0.372. The first kappa shape index (κ1) is 10.6. The number of carbonyl (C=O) groups excluding carboxylic acids is 1. The van der Waals surface area contributed by atoms with Crippen LogP contribution >= 0.6 is 12.6 Å². The summed E-state index contributed by atoms with van der Waals surface area (Å²) in [6, 6.07) is 6.68. The number of carbonyl (C=O) groups is 2. The first-order chi connectivity index (χ1) is 6.61. The van der Waals surface area contributed by atoms with E-state index in [9.17, 15) is 9.59 Å². The number of carboxylic acid groups (broad SMARTS) is 1. The first-order valence-electron chi connectivity index (χ1n) is 3.89. The van der Waals surface area contributed by atoms with Crippen LogP contribution in [0.5, 0.6) is 0 Å². The number of rotatable bonds is 3. The van der Waals surface area contributed by atoms with E-state index in [2.05, 4.69) is 17.9 Å². The highest BCUT2D eigenvalue weighted by molar-refractivity contribution is 7.80. The van der Waals surface area contributed by atoms with E-state index in [4.69, 9.17) is 5.11 Å². The molecule has 0 heterocycles. The number of aliphatic carboxylic acids is 1. The summed E-state index contributed by atoms with van der Waals surface area (Å²) in [7, 11) is 0. The van der Waals surface area contributed by atoms with Gasteiger partial charge < -0.3 is 10.4 Å². The molecule has 0 aromatic heterocycles. The molecule has 0 saturated heterocycles. The molecule has 2 N–H and O–H groups in total. The Balaban J connectivity index is 2.70. The molecular formula is C9H9NO3S. The number of nitrogens with one attached hydrogen (secondary N) is 1. The van der Waals surface area contributed by atoms with Gasteiger partial charge in [-0.15, -0.1) is 12.6 Å². The van der Waals surface area contributed by atoms with Gasteiger partial charge in [0.1, 0.15) is 6.54 Å². The molecular weight excluding hydrogens is 202 g/mol. The Kier molecular flexibility index (Phi) is 3.53. The number of hydrogen-bond acceptors (Lipinski definition) is 3. The number of carboxylic acids is 1. The van der Waals surface area contributed by atoms with E-state index in [-0.39, 0.29) is 6.54 Å². The lowest BCUT2D eigenvalue weighted by molar-refractivity contribution is -0.135. The Labute approximate surface area is 86.3 Å². The smallest absolute Gasteiger partial charge is 0.322 e. The SMILES string of the molecule is O=C(O)CNC(=O)c1ccccc1S. The molecule has 1 aromatic rings. The van der Waals surface area contributed by atoms with Crippen molar-refractivity contribution in [2.24, 2.45) is 0 Å². The second kappa shape index (κ2) is 4.66. The zero-order valence-electron chi connectivity index (χ0n) is 7.23. The van der Waals surface area contributed by atoms with Gasteiger partial charge in [0.05, 0.1) is 5.56 Å². The van der Waals surface area contributed by atoms with Crippen molar-refractivity contribution in [3.05, 3.63) is 29.8 Å². The quantitative estimate of drug-likeness (QED) is 0.647. The monoisotopic (exact) mass is 211 g/mol. The zero-order chi connectivity index (χ0) is 10.6. The van der Waals surface area contributed by atoms with Crippen LogP contribution in [0.15, 0.2) is 29.2 Å². The Morgan fingerprint density at radius 3 is 2.57 bits per heavy atom. The standard InChI is InChI=1S/C9H9NO3S/c11-8(12)5-10-9(13)6-3-1-2-4-7(6)14/h1-4,14H,5H2,(H,10,13)(H,11,12). The lowest BCUT2D eigenvalue weighted by Gasteiger charge is -2.04. The fraction of sp³-hybridized carbons (Fsp3) is 0.111. The van der Waals surface area contributed by atoms with Crippen molar-refractivity contribution in [1.82, 2.24) is 5.32 Å². The molecule has 0 fully saturated rings.